The first-order valence-corrected chi connectivity index (χ1v) is 7.74. The molecule has 1 N–H and O–H groups in total. The molecule has 2 amide bonds. The highest BCUT2D eigenvalue weighted by molar-refractivity contribution is 5.86. The van der Waals surface area contributed by atoms with E-state index in [2.05, 4.69) is 10.2 Å². The molecule has 0 aliphatic carbocycles. The minimum atomic E-state index is 0. The van der Waals surface area contributed by atoms with Crippen LogP contribution < -0.4 is 5.32 Å². The van der Waals surface area contributed by atoms with Crippen molar-refractivity contribution in [2.45, 2.75) is 25.3 Å². The summed E-state index contributed by atoms with van der Waals surface area (Å²) in [5, 5.41) is 3.39. The Morgan fingerprint density at radius 1 is 1.19 bits per heavy atom. The Morgan fingerprint density at radius 2 is 1.95 bits per heavy atom. The lowest BCUT2D eigenvalue weighted by Crippen LogP contribution is -2.54. The summed E-state index contributed by atoms with van der Waals surface area (Å²) in [6.45, 7) is 6.76. The van der Waals surface area contributed by atoms with Crippen LogP contribution in [0.15, 0.2) is 0 Å². The molecule has 1 atom stereocenters. The second-order valence-corrected chi connectivity index (χ2v) is 5.98. The summed E-state index contributed by atoms with van der Waals surface area (Å²) < 4.78 is 0. The molecule has 0 bridgehead atoms. The molecule has 0 spiro atoms. The van der Waals surface area contributed by atoms with E-state index in [1.165, 1.54) is 6.42 Å². The largest absolute Gasteiger partial charge is 0.339 e. The zero-order chi connectivity index (χ0) is 13.9. The first-order valence-electron chi connectivity index (χ1n) is 7.74. The number of amides is 2. The van der Waals surface area contributed by atoms with Crippen LogP contribution in [0.2, 0.25) is 0 Å². The lowest BCUT2D eigenvalue weighted by molar-refractivity contribution is -0.139. The molecule has 0 aromatic heterocycles. The molecule has 0 aromatic carbocycles. The highest BCUT2D eigenvalue weighted by atomic mass is 35.5. The number of hydrogen-bond acceptors (Lipinski definition) is 4. The van der Waals surface area contributed by atoms with Crippen LogP contribution >= 0.6 is 12.4 Å². The number of nitrogens with one attached hydrogen (secondary N) is 1. The Labute approximate surface area is 132 Å². The Bertz CT molecular complexity index is 379. The summed E-state index contributed by atoms with van der Waals surface area (Å²) in [4.78, 5) is 29.9. The number of hydrogen-bond donors (Lipinski definition) is 1. The van der Waals surface area contributed by atoms with Crippen molar-refractivity contribution >= 4 is 24.2 Å². The molecule has 3 rings (SSSR count). The Balaban J connectivity index is 0.00000161. The van der Waals surface area contributed by atoms with Crippen molar-refractivity contribution in [1.82, 2.24) is 20.0 Å². The number of carbonyl (C=O) groups excluding carboxylic acids is 2. The molecule has 3 aliphatic heterocycles. The number of halogens is 1. The van der Waals surface area contributed by atoms with Crippen molar-refractivity contribution in [2.75, 3.05) is 52.4 Å². The first-order chi connectivity index (χ1) is 9.74. The highest BCUT2D eigenvalue weighted by Gasteiger charge is 2.29. The molecular weight excluding hydrogens is 292 g/mol. The van der Waals surface area contributed by atoms with Gasteiger partial charge in [0, 0.05) is 51.7 Å². The predicted molar refractivity (Wildman–Crippen MR) is 82.5 cm³/mol. The molecule has 3 saturated heterocycles. The van der Waals surface area contributed by atoms with Crippen molar-refractivity contribution in [2.24, 2.45) is 0 Å². The normalized spacial score (nSPS) is 27.0. The van der Waals surface area contributed by atoms with Crippen molar-refractivity contribution < 1.29 is 9.59 Å². The molecule has 7 heteroatoms. The number of piperazine rings is 1. The third-order valence-corrected chi connectivity index (χ3v) is 4.72. The smallest absolute Gasteiger partial charge is 0.242 e. The van der Waals surface area contributed by atoms with Gasteiger partial charge in [-0.2, -0.15) is 0 Å². The number of rotatable bonds is 3. The molecule has 0 saturated carbocycles. The minimum absolute atomic E-state index is 0. The van der Waals surface area contributed by atoms with E-state index in [4.69, 9.17) is 0 Å². The van der Waals surface area contributed by atoms with E-state index < -0.39 is 0 Å². The van der Waals surface area contributed by atoms with Gasteiger partial charge in [0.25, 0.3) is 0 Å². The van der Waals surface area contributed by atoms with Gasteiger partial charge in [0.2, 0.25) is 11.8 Å². The van der Waals surface area contributed by atoms with Gasteiger partial charge in [0.05, 0.1) is 6.54 Å². The fourth-order valence-electron chi connectivity index (χ4n) is 3.42. The molecule has 6 nitrogen and oxygen atoms in total. The molecule has 0 radical (unpaired) electrons. The van der Waals surface area contributed by atoms with Crippen molar-refractivity contribution in [1.29, 1.82) is 0 Å². The number of nitrogens with zero attached hydrogens (tertiary/aromatic N) is 3. The highest BCUT2D eigenvalue weighted by Crippen LogP contribution is 2.13. The molecular formula is C14H25ClN4O2. The van der Waals surface area contributed by atoms with Gasteiger partial charge < -0.3 is 15.1 Å². The maximum atomic E-state index is 12.2. The van der Waals surface area contributed by atoms with E-state index in [0.29, 0.717) is 12.5 Å². The summed E-state index contributed by atoms with van der Waals surface area (Å²) in [6, 6.07) is 0.646. The molecule has 1 unspecified atom stereocenters. The fraction of sp³-hybridized carbons (Fsp3) is 0.857. The Morgan fingerprint density at radius 3 is 2.52 bits per heavy atom. The van der Waals surface area contributed by atoms with Gasteiger partial charge in [-0.25, -0.2) is 0 Å². The molecule has 21 heavy (non-hydrogen) atoms. The zero-order valence-corrected chi connectivity index (χ0v) is 13.2. The van der Waals surface area contributed by atoms with E-state index >= 15 is 0 Å². The topological polar surface area (TPSA) is 55.9 Å². The van der Waals surface area contributed by atoms with Gasteiger partial charge in [-0.05, 0) is 19.4 Å². The molecule has 3 fully saturated rings. The average molecular weight is 317 g/mol. The first kappa shape index (κ1) is 16.5. The maximum absolute atomic E-state index is 12.2. The van der Waals surface area contributed by atoms with Crippen LogP contribution in [-0.4, -0.2) is 84.9 Å². The third-order valence-electron chi connectivity index (χ3n) is 4.72. The van der Waals surface area contributed by atoms with Gasteiger partial charge >= 0.3 is 0 Å². The van der Waals surface area contributed by atoms with E-state index in [1.54, 1.807) is 4.90 Å². The van der Waals surface area contributed by atoms with E-state index in [9.17, 15) is 9.59 Å². The fourth-order valence-corrected chi connectivity index (χ4v) is 3.42. The average Bonchev–Trinajstić information content (AvgIpc) is 3.12. The van der Waals surface area contributed by atoms with Gasteiger partial charge in [0.15, 0.2) is 0 Å². The van der Waals surface area contributed by atoms with E-state index in [-0.39, 0.29) is 30.8 Å². The SMILES string of the molecule is Cl.O=C(CN1CCCC1=O)N1CCN(C2CCNC2)CC1. The second-order valence-electron chi connectivity index (χ2n) is 5.98. The van der Waals surface area contributed by atoms with Crippen LogP contribution in [0.4, 0.5) is 0 Å². The third kappa shape index (κ3) is 3.87. The summed E-state index contributed by atoms with van der Waals surface area (Å²) in [6.07, 6.45) is 2.72. The quantitative estimate of drug-likeness (QED) is 0.765. The van der Waals surface area contributed by atoms with Crippen LogP contribution in [0.1, 0.15) is 19.3 Å². The number of likely N-dealkylation sites (tertiary alicyclic amines) is 1. The summed E-state index contributed by atoms with van der Waals surface area (Å²) in [5.74, 6) is 0.249. The number of carbonyl (C=O) groups is 2. The lowest BCUT2D eigenvalue weighted by atomic mass is 10.2. The van der Waals surface area contributed by atoms with E-state index in [0.717, 1.165) is 52.2 Å². The molecule has 120 valence electrons. The van der Waals surface area contributed by atoms with E-state index in [1.807, 2.05) is 4.90 Å². The standard InChI is InChI=1S/C14H24N4O2.ClH/c19-13-2-1-5-18(13)11-14(20)17-8-6-16(7-9-17)12-3-4-15-10-12;/h12,15H,1-11H2;1H. The predicted octanol–water partition coefficient (Wildman–Crippen LogP) is -0.463. The van der Waals surface area contributed by atoms with Gasteiger partial charge in [-0.1, -0.05) is 0 Å². The zero-order valence-electron chi connectivity index (χ0n) is 12.4. The Kier molecular flexibility index (Phi) is 5.84. The molecule has 3 aliphatic rings. The lowest BCUT2D eigenvalue weighted by Gasteiger charge is -2.38. The molecule has 3 heterocycles. The second kappa shape index (κ2) is 7.42. The van der Waals surface area contributed by atoms with Gasteiger partial charge in [0.1, 0.15) is 0 Å². The maximum Gasteiger partial charge on any atom is 0.242 e. The van der Waals surface area contributed by atoms with Crippen molar-refractivity contribution in [3.63, 3.8) is 0 Å². The van der Waals surface area contributed by atoms with Crippen LogP contribution in [0.25, 0.3) is 0 Å². The van der Waals surface area contributed by atoms with Gasteiger partial charge in [-0.3, -0.25) is 14.5 Å². The summed E-state index contributed by atoms with van der Waals surface area (Å²) in [5.41, 5.74) is 0. The van der Waals surface area contributed by atoms with Crippen LogP contribution in [0.3, 0.4) is 0 Å². The molecule has 0 aromatic rings. The monoisotopic (exact) mass is 316 g/mol. The van der Waals surface area contributed by atoms with Crippen LogP contribution in [0, 0.1) is 0 Å². The minimum Gasteiger partial charge on any atom is -0.339 e. The Hall–Kier alpha value is -0.850. The summed E-state index contributed by atoms with van der Waals surface area (Å²) in [7, 11) is 0. The van der Waals surface area contributed by atoms with Crippen LogP contribution in [-0.2, 0) is 9.59 Å². The summed E-state index contributed by atoms with van der Waals surface area (Å²) >= 11 is 0. The van der Waals surface area contributed by atoms with Crippen molar-refractivity contribution in [3.8, 4) is 0 Å². The van der Waals surface area contributed by atoms with Crippen LogP contribution in [0.5, 0.6) is 0 Å². The van der Waals surface area contributed by atoms with Crippen molar-refractivity contribution in [3.05, 3.63) is 0 Å². The van der Waals surface area contributed by atoms with Gasteiger partial charge in [-0.15, -0.1) is 12.4 Å².